The van der Waals surface area contributed by atoms with Crippen LogP contribution < -0.4 is 10.6 Å². The highest BCUT2D eigenvalue weighted by Crippen LogP contribution is 2.30. The number of likely N-dealkylation sites (tertiary alicyclic amines) is 1. The van der Waals surface area contributed by atoms with Gasteiger partial charge in [0, 0.05) is 57.7 Å². The SMILES string of the molecule is Cc1cnc(Nc2ccc(C(=O)N3CC4CC3CN4)cn2)ncn(C2CCCC2)c(C(=O)N(C)C)c1. The van der Waals surface area contributed by atoms with Crippen molar-refractivity contribution in [3.63, 3.8) is 0 Å². The third kappa shape index (κ3) is 5.04. The molecule has 10 heteroatoms. The van der Waals surface area contributed by atoms with E-state index in [0.29, 0.717) is 29.1 Å². The third-order valence-corrected chi connectivity index (χ3v) is 7.25. The average Bonchev–Trinajstić information content (AvgIpc) is 3.65. The molecular formula is C26H34N8O2. The Bertz CT molecular complexity index is 1180. The molecule has 3 aliphatic rings. The molecule has 3 fully saturated rings. The van der Waals surface area contributed by atoms with Crippen molar-refractivity contribution in [2.75, 3.05) is 32.5 Å². The van der Waals surface area contributed by atoms with Crippen molar-refractivity contribution < 1.29 is 9.59 Å². The number of amides is 2. The molecule has 2 amide bonds. The van der Waals surface area contributed by atoms with Gasteiger partial charge in [-0.3, -0.25) is 9.59 Å². The van der Waals surface area contributed by atoms with E-state index < -0.39 is 0 Å². The number of pyridine rings is 1. The summed E-state index contributed by atoms with van der Waals surface area (Å²) in [6, 6.07) is 6.34. The fraction of sp³-hybridized carbons (Fsp3) is 0.500. The molecule has 36 heavy (non-hydrogen) atoms. The van der Waals surface area contributed by atoms with Crippen LogP contribution in [0.5, 0.6) is 0 Å². The molecule has 2 bridgehead atoms. The van der Waals surface area contributed by atoms with Crippen molar-refractivity contribution in [1.82, 2.24) is 34.6 Å². The first kappa shape index (κ1) is 24.2. The smallest absolute Gasteiger partial charge is 0.270 e. The first-order chi connectivity index (χ1) is 17.4. The van der Waals surface area contributed by atoms with Gasteiger partial charge in [-0.1, -0.05) is 12.8 Å². The molecule has 2 N–H and O–H groups in total. The number of nitrogens with zero attached hydrogens (tertiary/aromatic N) is 6. The van der Waals surface area contributed by atoms with E-state index in [-0.39, 0.29) is 23.9 Å². The fourth-order valence-corrected chi connectivity index (χ4v) is 5.33. The molecule has 10 nitrogen and oxygen atoms in total. The van der Waals surface area contributed by atoms with Crippen LogP contribution in [0.25, 0.3) is 0 Å². The molecule has 1 saturated carbocycles. The Morgan fingerprint density at radius 2 is 1.89 bits per heavy atom. The molecule has 4 heterocycles. The number of anilines is 2. The Hall–Kier alpha value is -3.53. The molecule has 2 aromatic heterocycles. The maximum absolute atomic E-state index is 13.0. The number of piperazine rings is 1. The van der Waals surface area contributed by atoms with Gasteiger partial charge in [0.1, 0.15) is 11.5 Å². The number of aryl methyl sites for hydroxylation is 1. The molecule has 5 rings (SSSR count). The number of hydrogen-bond acceptors (Lipinski definition) is 7. The molecule has 1 aliphatic carbocycles. The second-order valence-corrected chi connectivity index (χ2v) is 10.2. The van der Waals surface area contributed by atoms with E-state index in [0.717, 1.165) is 50.8 Å². The van der Waals surface area contributed by atoms with Crippen LogP contribution in [0.1, 0.15) is 64.6 Å². The number of rotatable bonds is 5. The molecule has 0 radical (unpaired) electrons. The lowest BCUT2D eigenvalue weighted by Gasteiger charge is -2.27. The first-order valence-electron chi connectivity index (χ1n) is 12.7. The Labute approximate surface area is 211 Å². The van der Waals surface area contributed by atoms with Gasteiger partial charge in [0.25, 0.3) is 11.8 Å². The second-order valence-electron chi connectivity index (χ2n) is 10.2. The quantitative estimate of drug-likeness (QED) is 0.663. The monoisotopic (exact) mass is 490 g/mol. The van der Waals surface area contributed by atoms with Gasteiger partial charge in [-0.25, -0.2) is 15.0 Å². The van der Waals surface area contributed by atoms with Crippen molar-refractivity contribution in [3.8, 4) is 0 Å². The summed E-state index contributed by atoms with van der Waals surface area (Å²) in [4.78, 5) is 43.0. The van der Waals surface area contributed by atoms with Gasteiger partial charge in [-0.15, -0.1) is 0 Å². The molecule has 190 valence electrons. The van der Waals surface area contributed by atoms with Gasteiger partial charge < -0.3 is 25.0 Å². The van der Waals surface area contributed by atoms with Crippen molar-refractivity contribution in [3.05, 3.63) is 53.7 Å². The van der Waals surface area contributed by atoms with Gasteiger partial charge in [0.2, 0.25) is 5.95 Å². The van der Waals surface area contributed by atoms with E-state index in [4.69, 9.17) is 0 Å². The Kier molecular flexibility index (Phi) is 6.86. The molecule has 2 aromatic rings. The van der Waals surface area contributed by atoms with Crippen LogP contribution in [0, 0.1) is 6.92 Å². The molecule has 2 aliphatic heterocycles. The van der Waals surface area contributed by atoms with Gasteiger partial charge in [0.15, 0.2) is 0 Å². The van der Waals surface area contributed by atoms with E-state index in [1.807, 2.05) is 22.5 Å². The highest BCUT2D eigenvalue weighted by molar-refractivity contribution is 5.94. The lowest BCUT2D eigenvalue weighted by Crippen LogP contribution is -2.46. The summed E-state index contributed by atoms with van der Waals surface area (Å²) in [7, 11) is 3.51. The molecular weight excluding hydrogens is 456 g/mol. The Morgan fingerprint density at radius 1 is 1.08 bits per heavy atom. The summed E-state index contributed by atoms with van der Waals surface area (Å²) in [5, 5.41) is 6.57. The van der Waals surface area contributed by atoms with E-state index >= 15 is 0 Å². The van der Waals surface area contributed by atoms with E-state index in [9.17, 15) is 9.59 Å². The summed E-state index contributed by atoms with van der Waals surface area (Å²) in [5.74, 6) is 0.860. The van der Waals surface area contributed by atoms with Crippen molar-refractivity contribution in [2.24, 2.45) is 0 Å². The van der Waals surface area contributed by atoms with Crippen molar-refractivity contribution in [1.29, 1.82) is 0 Å². The van der Waals surface area contributed by atoms with Crippen LogP contribution in [0.2, 0.25) is 0 Å². The minimum atomic E-state index is -0.0681. The normalized spacial score (nSPS) is 20.9. The Balaban J connectivity index is 1.41. The third-order valence-electron chi connectivity index (χ3n) is 7.25. The predicted molar refractivity (Wildman–Crippen MR) is 137 cm³/mol. The summed E-state index contributed by atoms with van der Waals surface area (Å²) in [5.41, 5.74) is 2.01. The number of nitrogens with one attached hydrogen (secondary N) is 2. The van der Waals surface area contributed by atoms with Crippen LogP contribution in [0.4, 0.5) is 11.8 Å². The second kappa shape index (κ2) is 10.2. The fourth-order valence-electron chi connectivity index (χ4n) is 5.33. The van der Waals surface area contributed by atoms with E-state index in [2.05, 4.69) is 25.6 Å². The zero-order valence-corrected chi connectivity index (χ0v) is 21.1. The van der Waals surface area contributed by atoms with Gasteiger partial charge >= 0.3 is 0 Å². The van der Waals surface area contributed by atoms with Crippen molar-refractivity contribution in [2.45, 2.75) is 57.2 Å². The topological polar surface area (TPSA) is 108 Å². The minimum Gasteiger partial charge on any atom is -0.343 e. The van der Waals surface area contributed by atoms with Crippen LogP contribution in [0.15, 0.2) is 36.9 Å². The molecule has 2 atom stereocenters. The number of hydrogen-bond donors (Lipinski definition) is 2. The number of aromatic nitrogens is 4. The largest absolute Gasteiger partial charge is 0.343 e. The lowest BCUT2D eigenvalue weighted by atomic mass is 10.2. The summed E-state index contributed by atoms with van der Waals surface area (Å²) < 4.78 is 1.99. The zero-order chi connectivity index (χ0) is 25.2. The predicted octanol–water partition coefficient (Wildman–Crippen LogP) is 2.85. The number of fused-ring (bicyclic) bond motifs is 2. The molecule has 2 saturated heterocycles. The van der Waals surface area contributed by atoms with Crippen LogP contribution in [-0.2, 0) is 0 Å². The highest BCUT2D eigenvalue weighted by atomic mass is 16.2. The van der Waals surface area contributed by atoms with Crippen LogP contribution >= 0.6 is 0 Å². The highest BCUT2D eigenvalue weighted by Gasteiger charge is 2.40. The van der Waals surface area contributed by atoms with E-state index in [1.165, 1.54) is 0 Å². The van der Waals surface area contributed by atoms with Crippen molar-refractivity contribution >= 4 is 23.6 Å². The van der Waals surface area contributed by atoms with Crippen LogP contribution in [-0.4, -0.2) is 80.4 Å². The number of carbonyl (C=O) groups excluding carboxylic acids is 2. The van der Waals surface area contributed by atoms with Gasteiger partial charge in [0.05, 0.1) is 11.9 Å². The Morgan fingerprint density at radius 3 is 2.53 bits per heavy atom. The first-order valence-corrected chi connectivity index (χ1v) is 12.7. The summed E-state index contributed by atoms with van der Waals surface area (Å²) in [6.45, 7) is 3.54. The van der Waals surface area contributed by atoms with Gasteiger partial charge in [-0.2, -0.15) is 0 Å². The number of carbonyl (C=O) groups is 2. The lowest BCUT2D eigenvalue weighted by molar-refractivity contribution is 0.0715. The van der Waals surface area contributed by atoms with Crippen LogP contribution in [0.3, 0.4) is 0 Å². The maximum Gasteiger partial charge on any atom is 0.270 e. The zero-order valence-electron chi connectivity index (χ0n) is 21.1. The summed E-state index contributed by atoms with van der Waals surface area (Å²) >= 11 is 0. The summed E-state index contributed by atoms with van der Waals surface area (Å²) in [6.07, 6.45) is 10.3. The molecule has 2 unspecified atom stereocenters. The molecule has 0 aromatic carbocycles. The average molecular weight is 491 g/mol. The van der Waals surface area contributed by atoms with Gasteiger partial charge in [-0.05, 0) is 49.9 Å². The standard InChI is InChI=1S/C26H34N8O2/c1-17-10-22(25(36)32(2)3)34(20-6-4-5-7-20)16-30-26(29-12-17)31-23-9-8-18(13-28-23)24(35)33-15-19-11-21(33)14-27-19/h8-10,12-13,16,19-21,27H,4-7,11,14-15H2,1-3H3,(H,28,29,31). The van der Waals surface area contributed by atoms with E-state index in [1.54, 1.807) is 49.8 Å². The minimum absolute atomic E-state index is 0.0239. The molecule has 0 spiro atoms. The maximum atomic E-state index is 13.0.